The number of aromatic nitrogens is 1. The van der Waals surface area contributed by atoms with E-state index in [1.54, 1.807) is 21.6 Å². The number of aliphatic hydroxyl groups excluding tert-OH is 1. The second-order valence-corrected chi connectivity index (χ2v) is 9.22. The van der Waals surface area contributed by atoms with E-state index >= 15 is 0 Å². The minimum Gasteiger partial charge on any atom is -0.477 e. The lowest BCUT2D eigenvalue weighted by Gasteiger charge is -2.25. The van der Waals surface area contributed by atoms with Crippen LogP contribution < -0.4 is 4.90 Å². The van der Waals surface area contributed by atoms with Gasteiger partial charge in [-0.2, -0.15) is 0 Å². The largest absolute Gasteiger partial charge is 0.477 e. The summed E-state index contributed by atoms with van der Waals surface area (Å²) >= 11 is 0. The molecule has 1 amide bonds. The number of nitrogens with zero attached hydrogens (tertiary/aromatic N) is 2. The number of carbonyl (C=O) groups excluding carboxylic acids is 1. The van der Waals surface area contributed by atoms with E-state index < -0.39 is 12.1 Å². The summed E-state index contributed by atoms with van der Waals surface area (Å²) < 4.78 is 1.77. The molecule has 2 aromatic carbocycles. The molecule has 174 valence electrons. The van der Waals surface area contributed by atoms with Crippen molar-refractivity contribution in [1.82, 2.24) is 4.57 Å². The highest BCUT2D eigenvalue weighted by Gasteiger charge is 2.28. The van der Waals surface area contributed by atoms with Crippen LogP contribution in [0.25, 0.3) is 5.57 Å². The lowest BCUT2D eigenvalue weighted by atomic mass is 9.84. The molecule has 2 aliphatic rings. The smallest absolute Gasteiger partial charge is 0.352 e. The van der Waals surface area contributed by atoms with Crippen molar-refractivity contribution in [2.24, 2.45) is 0 Å². The molecule has 2 N–H and O–H groups in total. The Morgan fingerprint density at radius 1 is 1.00 bits per heavy atom. The summed E-state index contributed by atoms with van der Waals surface area (Å²) in [5.41, 5.74) is 7.58. The molecule has 1 atom stereocenters. The van der Waals surface area contributed by atoms with Gasteiger partial charge in [0, 0.05) is 16.9 Å². The molecule has 0 spiro atoms. The quantitative estimate of drug-likeness (QED) is 0.580. The second kappa shape index (κ2) is 8.61. The van der Waals surface area contributed by atoms with Crippen molar-refractivity contribution in [2.75, 3.05) is 4.90 Å². The van der Waals surface area contributed by atoms with Crippen molar-refractivity contribution in [3.63, 3.8) is 0 Å². The lowest BCUT2D eigenvalue weighted by Crippen LogP contribution is -2.30. The number of aromatic carboxylic acids is 1. The molecule has 1 aliphatic heterocycles. The van der Waals surface area contributed by atoms with Gasteiger partial charge in [-0.05, 0) is 91.3 Å². The predicted octanol–water partition coefficient (Wildman–Crippen LogP) is 5.02. The van der Waals surface area contributed by atoms with Crippen molar-refractivity contribution in [2.45, 2.75) is 52.3 Å². The number of carboxylic acid groups (broad SMARTS) is 1. The number of hydrogen-bond acceptors (Lipinski definition) is 3. The maximum atomic E-state index is 13.8. The van der Waals surface area contributed by atoms with Crippen molar-refractivity contribution < 1.29 is 19.8 Å². The van der Waals surface area contributed by atoms with Crippen LogP contribution >= 0.6 is 0 Å². The molecule has 0 bridgehead atoms. The number of carboxylic acids is 1. The maximum Gasteiger partial charge on any atom is 0.352 e. The van der Waals surface area contributed by atoms with Gasteiger partial charge in [-0.3, -0.25) is 4.79 Å². The highest BCUT2D eigenvalue weighted by Crippen LogP contribution is 2.35. The van der Waals surface area contributed by atoms with Gasteiger partial charge in [0.2, 0.25) is 0 Å². The summed E-state index contributed by atoms with van der Waals surface area (Å²) in [6.45, 7) is 4.69. The van der Waals surface area contributed by atoms with E-state index in [-0.39, 0.29) is 11.6 Å². The number of amides is 1. The van der Waals surface area contributed by atoms with Gasteiger partial charge in [0.05, 0.1) is 19.2 Å². The molecule has 6 heteroatoms. The molecule has 1 aromatic heterocycles. The molecule has 0 radical (unpaired) electrons. The Balaban J connectivity index is 1.53. The topological polar surface area (TPSA) is 82.8 Å². The van der Waals surface area contributed by atoms with Crippen LogP contribution in [0.1, 0.15) is 69.4 Å². The fraction of sp³-hybridized carbons (Fsp3) is 0.286. The van der Waals surface area contributed by atoms with Crippen LogP contribution in [0.3, 0.4) is 0 Å². The minimum absolute atomic E-state index is 0.122. The highest BCUT2D eigenvalue weighted by molar-refractivity contribution is 6.07. The Kier molecular flexibility index (Phi) is 5.62. The van der Waals surface area contributed by atoms with E-state index in [0.717, 1.165) is 52.9 Å². The van der Waals surface area contributed by atoms with Crippen molar-refractivity contribution >= 4 is 23.1 Å². The van der Waals surface area contributed by atoms with E-state index in [0.29, 0.717) is 18.7 Å². The average Bonchev–Trinajstić information content (AvgIpc) is 3.14. The van der Waals surface area contributed by atoms with Gasteiger partial charge < -0.3 is 19.7 Å². The molecular formula is C28H28N2O4. The number of para-hydroxylation sites is 1. The number of fused-ring (bicyclic) bond motifs is 2. The zero-order chi connectivity index (χ0) is 24.0. The molecule has 0 fully saturated rings. The van der Waals surface area contributed by atoms with Crippen LogP contribution in [-0.4, -0.2) is 32.8 Å². The average molecular weight is 457 g/mol. The van der Waals surface area contributed by atoms with E-state index in [1.807, 2.05) is 56.3 Å². The third kappa shape index (κ3) is 3.74. The first-order valence-corrected chi connectivity index (χ1v) is 11.7. The molecule has 0 saturated carbocycles. The Morgan fingerprint density at radius 2 is 1.79 bits per heavy atom. The number of anilines is 1. The number of allylic oxidation sites excluding steroid dienone is 1. The van der Waals surface area contributed by atoms with E-state index in [2.05, 4.69) is 0 Å². The zero-order valence-electron chi connectivity index (χ0n) is 19.4. The van der Waals surface area contributed by atoms with Gasteiger partial charge >= 0.3 is 5.97 Å². The molecule has 5 rings (SSSR count). The van der Waals surface area contributed by atoms with E-state index in [1.165, 1.54) is 5.57 Å². The number of carbonyl (C=O) groups is 2. The second-order valence-electron chi connectivity index (χ2n) is 9.22. The monoisotopic (exact) mass is 456 g/mol. The van der Waals surface area contributed by atoms with Crippen molar-refractivity contribution in [1.29, 1.82) is 0 Å². The van der Waals surface area contributed by atoms with E-state index in [9.17, 15) is 19.8 Å². The van der Waals surface area contributed by atoms with Crippen LogP contribution in [0.5, 0.6) is 0 Å². The third-order valence-electron chi connectivity index (χ3n) is 7.14. The van der Waals surface area contributed by atoms with Crippen LogP contribution in [0.15, 0.2) is 60.2 Å². The summed E-state index contributed by atoms with van der Waals surface area (Å²) in [5.74, 6) is -1.10. The first-order valence-electron chi connectivity index (χ1n) is 11.7. The summed E-state index contributed by atoms with van der Waals surface area (Å²) in [4.78, 5) is 27.2. The summed E-state index contributed by atoms with van der Waals surface area (Å²) in [6.07, 6.45) is 2.28. The minimum atomic E-state index is -0.979. The van der Waals surface area contributed by atoms with Crippen LogP contribution in [0, 0.1) is 6.92 Å². The Hall–Kier alpha value is -3.64. The number of rotatable bonds is 3. The summed E-state index contributed by atoms with van der Waals surface area (Å²) in [7, 11) is 0. The van der Waals surface area contributed by atoms with Gasteiger partial charge in [0.1, 0.15) is 5.69 Å². The van der Waals surface area contributed by atoms with Crippen molar-refractivity contribution in [3.05, 3.63) is 93.8 Å². The van der Waals surface area contributed by atoms with Gasteiger partial charge in [0.25, 0.3) is 5.91 Å². The molecule has 6 nitrogen and oxygen atoms in total. The fourth-order valence-electron chi connectivity index (χ4n) is 5.25. The van der Waals surface area contributed by atoms with Gasteiger partial charge in [0.15, 0.2) is 0 Å². The molecule has 1 aliphatic carbocycles. The van der Waals surface area contributed by atoms with Crippen LogP contribution in [-0.2, 0) is 13.1 Å². The fourth-order valence-corrected chi connectivity index (χ4v) is 5.25. The van der Waals surface area contributed by atoms with Crippen LogP contribution in [0.2, 0.25) is 0 Å². The van der Waals surface area contributed by atoms with Gasteiger partial charge in [-0.1, -0.05) is 24.3 Å². The Bertz CT molecular complexity index is 1330. The van der Waals surface area contributed by atoms with E-state index in [4.69, 9.17) is 0 Å². The standard InChI is InChI=1S/C28H28N2O4/c1-17-14-19(10-12-22(17)23-7-5-9-26(31)18(23)2)27(32)30-16-21-11-13-25(28(33)34)29(21)15-20-6-3-4-8-24(20)30/h3-4,6,8,10-14,26,31H,5,7,9,15-16H2,1-2H3,(H,33,34). The predicted molar refractivity (Wildman–Crippen MR) is 131 cm³/mol. The summed E-state index contributed by atoms with van der Waals surface area (Å²) in [5, 5.41) is 19.9. The molecule has 2 heterocycles. The molecule has 0 saturated heterocycles. The maximum absolute atomic E-state index is 13.8. The normalized spacial score (nSPS) is 17.7. The molecule has 3 aromatic rings. The number of aliphatic hydroxyl groups is 1. The lowest BCUT2D eigenvalue weighted by molar-refractivity contribution is 0.0685. The first-order chi connectivity index (χ1) is 16.3. The Morgan fingerprint density at radius 3 is 2.56 bits per heavy atom. The van der Waals surface area contributed by atoms with Crippen molar-refractivity contribution in [3.8, 4) is 0 Å². The Labute approximate surface area is 198 Å². The number of aryl methyl sites for hydroxylation is 1. The van der Waals surface area contributed by atoms with Crippen LogP contribution in [0.4, 0.5) is 5.69 Å². The molecule has 1 unspecified atom stereocenters. The number of hydrogen-bond donors (Lipinski definition) is 2. The summed E-state index contributed by atoms with van der Waals surface area (Å²) in [6, 6.07) is 16.8. The SMILES string of the molecule is CC1=C(c2ccc(C(=O)N3Cc4ccc(C(=O)O)n4Cc4ccccc43)cc2C)CCCC1O. The van der Waals surface area contributed by atoms with Gasteiger partial charge in [-0.15, -0.1) is 0 Å². The van der Waals surface area contributed by atoms with Gasteiger partial charge in [-0.25, -0.2) is 4.79 Å². The number of benzene rings is 2. The zero-order valence-corrected chi connectivity index (χ0v) is 19.4. The third-order valence-corrected chi connectivity index (χ3v) is 7.14. The highest BCUT2D eigenvalue weighted by atomic mass is 16.4. The molecule has 34 heavy (non-hydrogen) atoms. The first kappa shape index (κ1) is 22.2. The molecular weight excluding hydrogens is 428 g/mol.